The first-order valence-corrected chi connectivity index (χ1v) is 13.8. The van der Waals surface area contributed by atoms with Gasteiger partial charge in [-0.15, -0.1) is 0 Å². The van der Waals surface area contributed by atoms with Crippen LogP contribution in [0.3, 0.4) is 0 Å². The third kappa shape index (κ3) is 10.4. The number of carbonyl (C=O) groups excluding carboxylic acids is 1. The van der Waals surface area contributed by atoms with E-state index in [4.69, 9.17) is 19.4 Å². The van der Waals surface area contributed by atoms with Crippen molar-refractivity contribution in [3.8, 4) is 0 Å². The molecule has 2 aromatic heterocycles. The molecule has 0 fully saturated rings. The number of carbonyl (C=O) groups is 1. The van der Waals surface area contributed by atoms with Gasteiger partial charge in [-0.1, -0.05) is 48.5 Å². The van der Waals surface area contributed by atoms with Crippen molar-refractivity contribution in [2.24, 2.45) is 4.99 Å². The molecule has 8 heteroatoms. The average molecular weight is 552 g/mol. The van der Waals surface area contributed by atoms with Crippen LogP contribution in [0, 0.1) is 0 Å². The third-order valence-corrected chi connectivity index (χ3v) is 3.72. The molecule has 0 saturated carbocycles. The molecule has 0 radical (unpaired) electrons. The molecular weight excluding hydrogens is 532 g/mol. The molecule has 0 unspecified atom stereocenters. The Bertz CT molecular complexity index is 1010. The van der Waals surface area contributed by atoms with E-state index in [0.717, 1.165) is 17.1 Å². The zero-order chi connectivity index (χ0) is 22.9. The summed E-state index contributed by atoms with van der Waals surface area (Å²) >= 11 is -0.346. The summed E-state index contributed by atoms with van der Waals surface area (Å²) in [5.41, 5.74) is 3.00. The molecule has 0 aliphatic rings. The Morgan fingerprint density at radius 1 is 0.781 bits per heavy atom. The molecule has 1 amide bonds. The van der Waals surface area contributed by atoms with Crippen LogP contribution in [0.25, 0.3) is 0 Å². The van der Waals surface area contributed by atoms with E-state index in [-0.39, 0.29) is 21.1 Å². The average Bonchev–Trinajstić information content (AvgIpc) is 2.86. The van der Waals surface area contributed by atoms with Gasteiger partial charge < -0.3 is 5.32 Å². The number of aliphatic imine (C=N–C) groups is 1. The van der Waals surface area contributed by atoms with Crippen molar-refractivity contribution < 1.29 is 19.9 Å². The summed E-state index contributed by atoms with van der Waals surface area (Å²) < 4.78 is 0. The maximum atomic E-state index is 11.6. The van der Waals surface area contributed by atoms with Crippen molar-refractivity contribution in [3.05, 3.63) is 121 Å². The Hall–Kier alpha value is -2.92. The molecular formula is C24H20Cl2N4ORu. The summed E-state index contributed by atoms with van der Waals surface area (Å²) in [7, 11) is 9.71. The predicted octanol–water partition coefficient (Wildman–Crippen LogP) is 6.54. The molecule has 4 aromatic rings. The molecule has 5 nitrogen and oxygen atoms in total. The van der Waals surface area contributed by atoms with Gasteiger partial charge in [0.15, 0.2) is 0 Å². The fourth-order valence-electron chi connectivity index (χ4n) is 2.32. The summed E-state index contributed by atoms with van der Waals surface area (Å²) in [6, 6.07) is 30.1. The van der Waals surface area contributed by atoms with E-state index < -0.39 is 0 Å². The van der Waals surface area contributed by atoms with Crippen LogP contribution >= 0.6 is 19.4 Å². The first kappa shape index (κ1) is 25.3. The van der Waals surface area contributed by atoms with Gasteiger partial charge in [0.05, 0.1) is 17.6 Å². The van der Waals surface area contributed by atoms with Crippen molar-refractivity contribution in [1.29, 1.82) is 0 Å². The van der Waals surface area contributed by atoms with E-state index >= 15 is 0 Å². The summed E-state index contributed by atoms with van der Waals surface area (Å²) in [6.07, 6.45) is 5.11. The van der Waals surface area contributed by atoms with Gasteiger partial charge in [0.1, 0.15) is 5.69 Å². The van der Waals surface area contributed by atoms with Crippen LogP contribution in [0.4, 0.5) is 11.4 Å². The van der Waals surface area contributed by atoms with Gasteiger partial charge in [-0.3, -0.25) is 19.8 Å². The molecule has 2 aromatic carbocycles. The Labute approximate surface area is 203 Å². The van der Waals surface area contributed by atoms with Gasteiger partial charge in [0.25, 0.3) is 5.91 Å². The van der Waals surface area contributed by atoms with E-state index in [9.17, 15) is 4.79 Å². The third-order valence-electron chi connectivity index (χ3n) is 3.72. The standard InChI is InChI=1S/C12H10N2O.C12H10N2.2ClH.Ru/c15-12(11-8-4-5-9-13-11)14-10-6-2-1-3-7-10;1-2-6-11(7-3-1)14-10-12-8-4-5-9-13-12;;;/h1-9H,(H,14,15);1-10H;2*1H;/q;;;;+2/p-2. The SMILES string of the molecule is C(=Nc1ccccc1)c1ccccn1.O=C(Nc1ccccc1)c1ccccn1.[Cl][Ru][Cl]. The van der Waals surface area contributed by atoms with Crippen molar-refractivity contribution in [1.82, 2.24) is 9.97 Å². The van der Waals surface area contributed by atoms with E-state index in [1.165, 1.54) is 0 Å². The first-order valence-electron chi connectivity index (χ1n) is 9.35. The number of nitrogens with one attached hydrogen (secondary N) is 1. The molecule has 32 heavy (non-hydrogen) atoms. The molecule has 0 aliphatic heterocycles. The van der Waals surface area contributed by atoms with Gasteiger partial charge in [-0.05, 0) is 48.5 Å². The predicted molar refractivity (Wildman–Crippen MR) is 128 cm³/mol. The second kappa shape index (κ2) is 15.8. The fourth-order valence-corrected chi connectivity index (χ4v) is 2.32. The Balaban J connectivity index is 0.000000203. The number of pyridine rings is 2. The number of amides is 1. The Morgan fingerprint density at radius 2 is 1.34 bits per heavy atom. The second-order valence-corrected chi connectivity index (χ2v) is 8.57. The summed E-state index contributed by atoms with van der Waals surface area (Å²) in [5.74, 6) is -0.193. The monoisotopic (exact) mass is 552 g/mol. The number of nitrogens with zero attached hydrogens (tertiary/aromatic N) is 3. The molecule has 164 valence electrons. The van der Waals surface area contributed by atoms with Crippen molar-refractivity contribution in [2.75, 3.05) is 5.32 Å². The summed E-state index contributed by atoms with van der Waals surface area (Å²) in [5, 5.41) is 2.76. The van der Waals surface area contributed by atoms with Gasteiger partial charge in [0.2, 0.25) is 0 Å². The van der Waals surface area contributed by atoms with Gasteiger partial charge >= 0.3 is 34.5 Å². The van der Waals surface area contributed by atoms with Crippen LogP contribution in [0.5, 0.6) is 0 Å². The zero-order valence-corrected chi connectivity index (χ0v) is 20.1. The number of hydrogen-bond donors (Lipinski definition) is 1. The Morgan fingerprint density at radius 3 is 1.91 bits per heavy atom. The molecule has 4 rings (SSSR count). The maximum absolute atomic E-state index is 11.6. The van der Waals surface area contributed by atoms with Crippen LogP contribution in [-0.4, -0.2) is 22.1 Å². The molecule has 0 spiro atoms. The van der Waals surface area contributed by atoms with E-state index in [2.05, 4.69) is 20.3 Å². The topological polar surface area (TPSA) is 67.2 Å². The number of rotatable bonds is 4. The number of anilines is 1. The molecule has 0 saturated heterocycles. The minimum atomic E-state index is -0.346. The Kier molecular flexibility index (Phi) is 12.5. The van der Waals surface area contributed by atoms with Crippen LogP contribution in [-0.2, 0) is 15.1 Å². The summed E-state index contributed by atoms with van der Waals surface area (Å²) in [4.78, 5) is 24.0. The summed E-state index contributed by atoms with van der Waals surface area (Å²) in [6.45, 7) is 0. The minimum absolute atomic E-state index is 0.193. The van der Waals surface area contributed by atoms with E-state index in [0.29, 0.717) is 5.69 Å². The van der Waals surface area contributed by atoms with Crippen LogP contribution in [0.1, 0.15) is 16.2 Å². The van der Waals surface area contributed by atoms with Crippen LogP contribution in [0.2, 0.25) is 0 Å². The fraction of sp³-hybridized carbons (Fsp3) is 0. The molecule has 2 heterocycles. The molecule has 1 N–H and O–H groups in total. The van der Waals surface area contributed by atoms with Crippen molar-refractivity contribution >= 4 is 42.9 Å². The number of hydrogen-bond acceptors (Lipinski definition) is 4. The number of aromatic nitrogens is 2. The normalized spacial score (nSPS) is 9.81. The second-order valence-electron chi connectivity index (χ2n) is 5.93. The van der Waals surface area contributed by atoms with Gasteiger partial charge in [-0.2, -0.15) is 0 Å². The quantitative estimate of drug-likeness (QED) is 0.231. The molecule has 0 atom stereocenters. The number of halogens is 2. The van der Waals surface area contributed by atoms with Crippen molar-refractivity contribution in [2.45, 2.75) is 0 Å². The number of benzene rings is 2. The molecule has 0 aliphatic carbocycles. The van der Waals surface area contributed by atoms with Crippen LogP contribution < -0.4 is 5.32 Å². The van der Waals surface area contributed by atoms with Crippen molar-refractivity contribution in [3.63, 3.8) is 0 Å². The molecule has 0 bridgehead atoms. The first-order chi connectivity index (χ1) is 15.7. The van der Waals surface area contributed by atoms with E-state index in [1.807, 2.05) is 78.9 Å². The van der Waals surface area contributed by atoms with Gasteiger partial charge in [0, 0.05) is 18.1 Å². The zero-order valence-electron chi connectivity index (χ0n) is 16.8. The number of para-hydroxylation sites is 2. The van der Waals surface area contributed by atoms with E-state index in [1.54, 1.807) is 36.8 Å². The van der Waals surface area contributed by atoms with Crippen LogP contribution in [0.15, 0.2) is 114 Å². The van der Waals surface area contributed by atoms with Gasteiger partial charge in [-0.25, -0.2) is 0 Å².